The second-order valence-corrected chi connectivity index (χ2v) is 4.38. The van der Waals surface area contributed by atoms with E-state index in [4.69, 9.17) is 4.74 Å². The van der Waals surface area contributed by atoms with Crippen LogP contribution in [0, 0.1) is 17.0 Å². The molecule has 1 saturated carbocycles. The van der Waals surface area contributed by atoms with Crippen LogP contribution in [0.25, 0.3) is 0 Å². The fraction of sp³-hybridized carbons (Fsp3) is 0.385. The van der Waals surface area contributed by atoms with Crippen molar-refractivity contribution in [3.8, 4) is 0 Å². The second-order valence-electron chi connectivity index (χ2n) is 4.38. The Bertz CT molecular complexity index is 527. The molecule has 102 valence electrons. The largest absolute Gasteiger partial charge is 0.465 e. The van der Waals surface area contributed by atoms with Crippen molar-refractivity contribution in [2.45, 2.75) is 19.8 Å². The average molecular weight is 269 g/mol. The van der Waals surface area contributed by atoms with E-state index in [2.05, 4.69) is 5.32 Å². The first-order valence-electron chi connectivity index (χ1n) is 5.93. The van der Waals surface area contributed by atoms with E-state index in [0.717, 1.165) is 12.1 Å². The van der Waals surface area contributed by atoms with Crippen LogP contribution in [0.4, 0.5) is 14.5 Å². The minimum absolute atomic E-state index is 0.151. The SMILES string of the molecule is CCOC(=O)C1(C(=O)Nc2ccc(F)cc2F)CC1. The molecule has 1 fully saturated rings. The van der Waals surface area contributed by atoms with Gasteiger partial charge in [0.1, 0.15) is 17.0 Å². The van der Waals surface area contributed by atoms with Gasteiger partial charge in [0, 0.05) is 6.07 Å². The lowest BCUT2D eigenvalue weighted by molar-refractivity contribution is -0.152. The van der Waals surface area contributed by atoms with Crippen LogP contribution in [0.1, 0.15) is 19.8 Å². The van der Waals surface area contributed by atoms with E-state index >= 15 is 0 Å². The zero-order chi connectivity index (χ0) is 14.0. The number of hydrogen-bond donors (Lipinski definition) is 1. The zero-order valence-corrected chi connectivity index (χ0v) is 10.3. The number of hydrogen-bond acceptors (Lipinski definition) is 3. The van der Waals surface area contributed by atoms with Gasteiger partial charge in [-0.3, -0.25) is 9.59 Å². The molecule has 1 amide bonds. The maximum Gasteiger partial charge on any atom is 0.321 e. The normalized spacial score (nSPS) is 15.7. The Morgan fingerprint density at radius 2 is 2.05 bits per heavy atom. The summed E-state index contributed by atoms with van der Waals surface area (Å²) in [6.45, 7) is 1.82. The molecule has 2 rings (SSSR count). The van der Waals surface area contributed by atoms with E-state index in [1.165, 1.54) is 0 Å². The molecule has 1 aromatic rings. The van der Waals surface area contributed by atoms with Gasteiger partial charge >= 0.3 is 5.97 Å². The number of esters is 1. The molecule has 0 heterocycles. The highest BCUT2D eigenvalue weighted by molar-refractivity contribution is 6.11. The summed E-state index contributed by atoms with van der Waals surface area (Å²) in [6.07, 6.45) is 0.751. The smallest absolute Gasteiger partial charge is 0.321 e. The maximum atomic E-state index is 13.4. The monoisotopic (exact) mass is 269 g/mol. The second kappa shape index (κ2) is 4.95. The van der Waals surface area contributed by atoms with Gasteiger partial charge in [-0.1, -0.05) is 0 Å². The van der Waals surface area contributed by atoms with Gasteiger partial charge in [0.2, 0.25) is 5.91 Å². The molecule has 0 radical (unpaired) electrons. The van der Waals surface area contributed by atoms with Crippen LogP contribution >= 0.6 is 0 Å². The number of carbonyl (C=O) groups excluding carboxylic acids is 2. The van der Waals surface area contributed by atoms with Crippen LogP contribution in [0.2, 0.25) is 0 Å². The van der Waals surface area contributed by atoms with Crippen LogP contribution in [0.3, 0.4) is 0 Å². The van der Waals surface area contributed by atoms with Gasteiger partial charge in [0.05, 0.1) is 12.3 Å². The number of carbonyl (C=O) groups is 2. The number of rotatable bonds is 4. The lowest BCUT2D eigenvalue weighted by Crippen LogP contribution is -2.33. The molecule has 0 atom stereocenters. The molecule has 0 spiro atoms. The number of ether oxygens (including phenoxy) is 1. The minimum Gasteiger partial charge on any atom is -0.465 e. The molecule has 19 heavy (non-hydrogen) atoms. The molecule has 1 aromatic carbocycles. The van der Waals surface area contributed by atoms with Crippen molar-refractivity contribution in [2.24, 2.45) is 5.41 Å². The standard InChI is InChI=1S/C13H13F2NO3/c1-2-19-12(18)13(5-6-13)11(17)16-10-4-3-8(14)7-9(10)15/h3-4,7H,2,5-6H2,1H3,(H,16,17). The van der Waals surface area contributed by atoms with Crippen LogP contribution < -0.4 is 5.32 Å². The van der Waals surface area contributed by atoms with Crippen LogP contribution in [-0.4, -0.2) is 18.5 Å². The Morgan fingerprint density at radius 3 is 2.58 bits per heavy atom. The van der Waals surface area contributed by atoms with E-state index in [1.807, 2.05) is 0 Å². The molecule has 6 heteroatoms. The number of benzene rings is 1. The fourth-order valence-electron chi connectivity index (χ4n) is 1.75. The highest BCUT2D eigenvalue weighted by atomic mass is 19.1. The number of anilines is 1. The van der Waals surface area contributed by atoms with E-state index in [-0.39, 0.29) is 12.3 Å². The number of nitrogens with one attached hydrogen (secondary N) is 1. The molecule has 4 nitrogen and oxygen atoms in total. The quantitative estimate of drug-likeness (QED) is 0.673. The molecular weight excluding hydrogens is 256 g/mol. The van der Waals surface area contributed by atoms with Gasteiger partial charge < -0.3 is 10.1 Å². The summed E-state index contributed by atoms with van der Waals surface area (Å²) in [7, 11) is 0. The third kappa shape index (κ3) is 2.57. The van der Waals surface area contributed by atoms with Crippen LogP contribution in [-0.2, 0) is 14.3 Å². The Kier molecular flexibility index (Phi) is 3.50. The Hall–Kier alpha value is -1.98. The molecule has 0 bridgehead atoms. The molecule has 0 aromatic heterocycles. The summed E-state index contributed by atoms with van der Waals surface area (Å²) in [4.78, 5) is 23.6. The summed E-state index contributed by atoms with van der Waals surface area (Å²) >= 11 is 0. The number of halogens is 2. The lowest BCUT2D eigenvalue weighted by Gasteiger charge is -2.14. The first-order valence-corrected chi connectivity index (χ1v) is 5.93. The third-order valence-electron chi connectivity index (χ3n) is 3.03. The molecule has 1 aliphatic rings. The average Bonchev–Trinajstić information content (AvgIpc) is 3.14. The predicted molar refractivity (Wildman–Crippen MR) is 63.3 cm³/mol. The summed E-state index contributed by atoms with van der Waals surface area (Å²) < 4.78 is 31.0. The molecule has 0 saturated heterocycles. The predicted octanol–water partition coefficient (Wildman–Crippen LogP) is 2.25. The van der Waals surface area contributed by atoms with Crippen molar-refractivity contribution < 1.29 is 23.1 Å². The van der Waals surface area contributed by atoms with Crippen LogP contribution in [0.5, 0.6) is 0 Å². The van der Waals surface area contributed by atoms with Gasteiger partial charge in [-0.15, -0.1) is 0 Å². The van der Waals surface area contributed by atoms with Crippen molar-refractivity contribution in [3.63, 3.8) is 0 Å². The molecule has 0 aliphatic heterocycles. The molecule has 1 aliphatic carbocycles. The van der Waals surface area contributed by atoms with E-state index < -0.39 is 28.9 Å². The summed E-state index contributed by atoms with van der Waals surface area (Å²) in [5.74, 6) is -2.83. The fourth-order valence-corrected chi connectivity index (χ4v) is 1.75. The molecule has 0 unspecified atom stereocenters. The van der Waals surface area contributed by atoms with Crippen molar-refractivity contribution in [3.05, 3.63) is 29.8 Å². The topological polar surface area (TPSA) is 55.4 Å². The van der Waals surface area contributed by atoms with Crippen LogP contribution in [0.15, 0.2) is 18.2 Å². The third-order valence-corrected chi connectivity index (χ3v) is 3.03. The van der Waals surface area contributed by atoms with E-state index in [1.54, 1.807) is 6.92 Å². The van der Waals surface area contributed by atoms with Gasteiger partial charge in [-0.05, 0) is 31.9 Å². The summed E-state index contributed by atoms with van der Waals surface area (Å²) in [5, 5.41) is 2.30. The number of amides is 1. The van der Waals surface area contributed by atoms with Gasteiger partial charge in [-0.25, -0.2) is 8.78 Å². The van der Waals surface area contributed by atoms with Crippen molar-refractivity contribution in [1.82, 2.24) is 0 Å². The zero-order valence-electron chi connectivity index (χ0n) is 10.3. The molecule has 1 N–H and O–H groups in total. The van der Waals surface area contributed by atoms with Crippen molar-refractivity contribution in [1.29, 1.82) is 0 Å². The van der Waals surface area contributed by atoms with Gasteiger partial charge in [-0.2, -0.15) is 0 Å². The summed E-state index contributed by atoms with van der Waals surface area (Å²) in [5.41, 5.74) is -1.36. The van der Waals surface area contributed by atoms with Gasteiger partial charge in [0.25, 0.3) is 0 Å². The Morgan fingerprint density at radius 1 is 1.37 bits per heavy atom. The Balaban J connectivity index is 2.11. The molecular formula is C13H13F2NO3. The first-order chi connectivity index (χ1) is 8.99. The maximum absolute atomic E-state index is 13.4. The minimum atomic E-state index is -1.21. The van der Waals surface area contributed by atoms with E-state index in [9.17, 15) is 18.4 Å². The van der Waals surface area contributed by atoms with Crippen molar-refractivity contribution in [2.75, 3.05) is 11.9 Å². The van der Waals surface area contributed by atoms with E-state index in [0.29, 0.717) is 18.9 Å². The highest BCUT2D eigenvalue weighted by Crippen LogP contribution is 2.47. The summed E-state index contributed by atoms with van der Waals surface area (Å²) in [6, 6.07) is 2.81. The first kappa shape index (κ1) is 13.5. The van der Waals surface area contributed by atoms with Crippen molar-refractivity contribution >= 4 is 17.6 Å². The lowest BCUT2D eigenvalue weighted by atomic mass is 10.1. The highest BCUT2D eigenvalue weighted by Gasteiger charge is 2.58. The Labute approximate surface area is 108 Å². The van der Waals surface area contributed by atoms with Gasteiger partial charge in [0.15, 0.2) is 0 Å².